The molecule has 2 aromatic rings. The van der Waals surface area contributed by atoms with E-state index in [9.17, 15) is 0 Å². The van der Waals surface area contributed by atoms with Crippen LogP contribution in [0.15, 0.2) is 24.3 Å². The van der Waals surface area contributed by atoms with E-state index in [2.05, 4.69) is 10.3 Å². The highest BCUT2D eigenvalue weighted by Crippen LogP contribution is 2.28. The number of ether oxygens (including phenoxy) is 1. The third kappa shape index (κ3) is 3.30. The van der Waals surface area contributed by atoms with E-state index in [4.69, 9.17) is 16.3 Å². The minimum atomic E-state index is 0.750. The number of aromatic amines is 1. The number of hydrogen-bond acceptors (Lipinski definition) is 2. The zero-order chi connectivity index (χ0) is 13.1. The van der Waals surface area contributed by atoms with E-state index in [1.807, 2.05) is 24.3 Å². The summed E-state index contributed by atoms with van der Waals surface area (Å²) in [5.74, 6) is 0.836. The van der Waals surface area contributed by atoms with Crippen LogP contribution < -0.4 is 5.32 Å². The van der Waals surface area contributed by atoms with E-state index in [-0.39, 0.29) is 0 Å². The Kier molecular flexibility index (Phi) is 4.06. The lowest BCUT2D eigenvalue weighted by molar-refractivity contribution is 0.126. The van der Waals surface area contributed by atoms with Crippen LogP contribution in [0.25, 0.3) is 10.9 Å². The first-order chi connectivity index (χ1) is 9.34. The van der Waals surface area contributed by atoms with Gasteiger partial charge in [0.1, 0.15) is 0 Å². The molecule has 3 rings (SSSR count). The number of halogens is 1. The van der Waals surface area contributed by atoms with Gasteiger partial charge in [-0.25, -0.2) is 0 Å². The van der Waals surface area contributed by atoms with Crippen LogP contribution in [0, 0.1) is 5.92 Å². The van der Waals surface area contributed by atoms with Crippen molar-refractivity contribution in [3.05, 3.63) is 35.0 Å². The number of benzene rings is 1. The lowest BCUT2D eigenvalue weighted by Gasteiger charge is -2.05. The van der Waals surface area contributed by atoms with E-state index in [1.165, 1.54) is 12.8 Å². The summed E-state index contributed by atoms with van der Waals surface area (Å²) < 4.78 is 5.58. The quantitative estimate of drug-likeness (QED) is 0.762. The summed E-state index contributed by atoms with van der Waals surface area (Å²) >= 11 is 6.34. The Morgan fingerprint density at radius 1 is 1.32 bits per heavy atom. The maximum absolute atomic E-state index is 6.34. The predicted molar refractivity (Wildman–Crippen MR) is 78.6 cm³/mol. The molecule has 0 atom stereocenters. The molecule has 1 fully saturated rings. The molecule has 0 unspecified atom stereocenters. The lowest BCUT2D eigenvalue weighted by atomic mass is 10.2. The molecule has 1 aromatic heterocycles. The van der Waals surface area contributed by atoms with Gasteiger partial charge in [-0.1, -0.05) is 29.8 Å². The van der Waals surface area contributed by atoms with Gasteiger partial charge in [0.05, 0.1) is 11.6 Å². The van der Waals surface area contributed by atoms with Crippen molar-refractivity contribution in [1.82, 2.24) is 10.3 Å². The Hall–Kier alpha value is -1.03. The third-order valence-electron chi connectivity index (χ3n) is 3.49. The molecule has 2 N–H and O–H groups in total. The second-order valence-corrected chi connectivity index (χ2v) is 5.54. The fourth-order valence-electron chi connectivity index (χ4n) is 2.18. The highest BCUT2D eigenvalue weighted by molar-refractivity contribution is 6.36. The molecule has 0 amide bonds. The van der Waals surface area contributed by atoms with Gasteiger partial charge in [-0.2, -0.15) is 0 Å². The smallest absolute Gasteiger partial charge is 0.0705 e. The summed E-state index contributed by atoms with van der Waals surface area (Å²) in [6.07, 6.45) is 2.69. The van der Waals surface area contributed by atoms with Crippen molar-refractivity contribution < 1.29 is 4.74 Å². The van der Waals surface area contributed by atoms with Crippen molar-refractivity contribution in [2.75, 3.05) is 19.8 Å². The number of rotatable bonds is 7. The molecule has 1 aliphatic rings. The van der Waals surface area contributed by atoms with Gasteiger partial charge in [-0.15, -0.1) is 0 Å². The number of fused-ring (bicyclic) bond motifs is 1. The number of H-pyrrole nitrogens is 1. The van der Waals surface area contributed by atoms with Crippen molar-refractivity contribution in [2.24, 2.45) is 5.92 Å². The molecule has 0 spiro atoms. The van der Waals surface area contributed by atoms with Gasteiger partial charge in [0.2, 0.25) is 0 Å². The maximum atomic E-state index is 6.34. The van der Waals surface area contributed by atoms with Gasteiger partial charge in [0.25, 0.3) is 0 Å². The lowest BCUT2D eigenvalue weighted by Crippen LogP contribution is -2.20. The van der Waals surface area contributed by atoms with Crippen LogP contribution in [-0.2, 0) is 11.3 Å². The summed E-state index contributed by atoms with van der Waals surface area (Å²) in [6, 6.07) is 8.10. The van der Waals surface area contributed by atoms with Crippen LogP contribution in [0.2, 0.25) is 5.02 Å². The molecular weight excluding hydrogens is 260 g/mol. The van der Waals surface area contributed by atoms with Crippen LogP contribution in [0.4, 0.5) is 0 Å². The maximum Gasteiger partial charge on any atom is 0.0705 e. The summed E-state index contributed by atoms with van der Waals surface area (Å²) in [7, 11) is 0. The average Bonchev–Trinajstić information content (AvgIpc) is 3.20. The van der Waals surface area contributed by atoms with Crippen molar-refractivity contribution in [3.63, 3.8) is 0 Å². The van der Waals surface area contributed by atoms with Gasteiger partial charge in [-0.3, -0.25) is 0 Å². The Labute approximate surface area is 118 Å². The van der Waals surface area contributed by atoms with Gasteiger partial charge in [0, 0.05) is 36.3 Å². The topological polar surface area (TPSA) is 37.0 Å². The summed E-state index contributed by atoms with van der Waals surface area (Å²) in [4.78, 5) is 3.35. The van der Waals surface area contributed by atoms with E-state index in [0.29, 0.717) is 0 Å². The molecular formula is C15H19ClN2O. The van der Waals surface area contributed by atoms with Gasteiger partial charge < -0.3 is 15.0 Å². The van der Waals surface area contributed by atoms with Gasteiger partial charge >= 0.3 is 0 Å². The van der Waals surface area contributed by atoms with Crippen molar-refractivity contribution >= 4 is 22.5 Å². The molecule has 1 saturated carbocycles. The van der Waals surface area contributed by atoms with E-state index in [1.54, 1.807) is 0 Å². The molecule has 0 saturated heterocycles. The molecule has 1 heterocycles. The minimum absolute atomic E-state index is 0.750. The average molecular weight is 279 g/mol. The van der Waals surface area contributed by atoms with Crippen LogP contribution in [0.3, 0.4) is 0 Å². The Bertz CT molecular complexity index is 548. The Balaban J connectivity index is 1.46. The summed E-state index contributed by atoms with van der Waals surface area (Å²) in [5, 5.41) is 5.27. The predicted octanol–water partition coefficient (Wildman–Crippen LogP) is 3.34. The first-order valence-electron chi connectivity index (χ1n) is 6.88. The van der Waals surface area contributed by atoms with Gasteiger partial charge in [0.15, 0.2) is 0 Å². The molecule has 0 radical (unpaired) electrons. The monoisotopic (exact) mass is 278 g/mol. The fraction of sp³-hybridized carbons (Fsp3) is 0.467. The molecule has 19 heavy (non-hydrogen) atoms. The molecule has 3 nitrogen and oxygen atoms in total. The standard InChI is InChI=1S/C15H19ClN2O/c16-15-12-3-1-2-4-13(12)18-14(15)9-17-7-8-19-10-11-5-6-11/h1-4,11,17-18H,5-10H2. The van der Waals surface area contributed by atoms with Crippen LogP contribution in [0.1, 0.15) is 18.5 Å². The summed E-state index contributed by atoms with van der Waals surface area (Å²) in [6.45, 7) is 3.31. The normalized spacial score (nSPS) is 15.2. The van der Waals surface area contributed by atoms with Crippen molar-refractivity contribution in [3.8, 4) is 0 Å². The van der Waals surface area contributed by atoms with Crippen molar-refractivity contribution in [2.45, 2.75) is 19.4 Å². The number of nitrogens with one attached hydrogen (secondary N) is 2. The second kappa shape index (κ2) is 5.95. The molecule has 102 valence electrons. The first-order valence-corrected chi connectivity index (χ1v) is 7.26. The van der Waals surface area contributed by atoms with Crippen molar-refractivity contribution in [1.29, 1.82) is 0 Å². The number of hydrogen-bond donors (Lipinski definition) is 2. The molecule has 0 bridgehead atoms. The highest BCUT2D eigenvalue weighted by Gasteiger charge is 2.20. The first kappa shape index (κ1) is 13.0. The molecule has 0 aliphatic heterocycles. The van der Waals surface area contributed by atoms with Crippen LogP contribution >= 0.6 is 11.6 Å². The minimum Gasteiger partial charge on any atom is -0.380 e. The fourth-order valence-corrected chi connectivity index (χ4v) is 2.46. The zero-order valence-electron chi connectivity index (χ0n) is 10.9. The van der Waals surface area contributed by atoms with Crippen LogP contribution in [0.5, 0.6) is 0 Å². The van der Waals surface area contributed by atoms with Gasteiger partial charge in [-0.05, 0) is 24.8 Å². The second-order valence-electron chi connectivity index (χ2n) is 5.16. The third-order valence-corrected chi connectivity index (χ3v) is 3.92. The van der Waals surface area contributed by atoms with Crippen LogP contribution in [-0.4, -0.2) is 24.7 Å². The SMILES string of the molecule is Clc1c(CNCCOCC2CC2)[nH]c2ccccc12. The Morgan fingerprint density at radius 2 is 2.16 bits per heavy atom. The number of aromatic nitrogens is 1. The number of para-hydroxylation sites is 1. The molecule has 1 aromatic carbocycles. The zero-order valence-corrected chi connectivity index (χ0v) is 11.7. The van der Waals surface area contributed by atoms with E-state index >= 15 is 0 Å². The Morgan fingerprint density at radius 3 is 2.95 bits per heavy atom. The van der Waals surface area contributed by atoms with E-state index < -0.39 is 0 Å². The van der Waals surface area contributed by atoms with E-state index in [0.717, 1.165) is 53.8 Å². The summed E-state index contributed by atoms with van der Waals surface area (Å²) in [5.41, 5.74) is 2.14. The largest absolute Gasteiger partial charge is 0.380 e. The molecule has 4 heteroatoms. The molecule has 1 aliphatic carbocycles. The highest BCUT2D eigenvalue weighted by atomic mass is 35.5.